The molecule has 0 bridgehead atoms. The molecule has 0 spiro atoms. The van der Waals surface area contributed by atoms with E-state index in [-0.39, 0.29) is 5.91 Å². The Morgan fingerprint density at radius 2 is 1.67 bits per heavy atom. The lowest BCUT2D eigenvalue weighted by atomic mass is 10.1. The minimum absolute atomic E-state index is 0.127. The molecule has 27 heavy (non-hydrogen) atoms. The molecule has 0 aliphatic carbocycles. The number of benzene rings is 2. The van der Waals surface area contributed by atoms with Gasteiger partial charge in [-0.3, -0.25) is 9.69 Å². The standard InChI is InChI=1S/C22H24N2O3/c1-5-26-19-12-9-16(14-20(19)27-6-2)13-18-22(25)24(4)21(23-18)17-10-7-15(3)8-11-17/h7-14H,5-6H2,1-4H3/b18-13-. The molecule has 5 nitrogen and oxygen atoms in total. The van der Waals surface area contributed by atoms with Crippen molar-refractivity contribution in [3.8, 4) is 11.5 Å². The molecule has 0 N–H and O–H groups in total. The van der Waals surface area contributed by atoms with Crippen LogP contribution in [0.15, 0.2) is 53.2 Å². The normalized spacial score (nSPS) is 15.3. The third kappa shape index (κ3) is 4.03. The predicted molar refractivity (Wildman–Crippen MR) is 107 cm³/mol. The van der Waals surface area contributed by atoms with Crippen LogP contribution in [-0.2, 0) is 4.79 Å². The van der Waals surface area contributed by atoms with Gasteiger partial charge in [0.05, 0.1) is 13.2 Å². The Balaban J connectivity index is 1.95. The van der Waals surface area contributed by atoms with Crippen molar-refractivity contribution >= 4 is 17.8 Å². The molecular formula is C22H24N2O3. The zero-order chi connectivity index (χ0) is 19.4. The predicted octanol–water partition coefficient (Wildman–Crippen LogP) is 4.05. The Bertz CT molecular complexity index is 898. The molecule has 0 atom stereocenters. The summed E-state index contributed by atoms with van der Waals surface area (Å²) in [6.07, 6.45) is 1.78. The molecule has 0 saturated heterocycles. The first-order chi connectivity index (χ1) is 13.0. The van der Waals surface area contributed by atoms with Gasteiger partial charge < -0.3 is 9.47 Å². The van der Waals surface area contributed by atoms with E-state index in [1.807, 2.05) is 63.2 Å². The first-order valence-electron chi connectivity index (χ1n) is 9.08. The number of aryl methyl sites for hydroxylation is 1. The van der Waals surface area contributed by atoms with Crippen LogP contribution in [0.5, 0.6) is 11.5 Å². The highest BCUT2D eigenvalue weighted by molar-refractivity contribution is 6.19. The Kier molecular flexibility index (Phi) is 5.60. The molecule has 140 valence electrons. The summed E-state index contributed by atoms with van der Waals surface area (Å²) < 4.78 is 11.2. The van der Waals surface area contributed by atoms with Crippen molar-refractivity contribution in [2.45, 2.75) is 20.8 Å². The maximum atomic E-state index is 12.6. The van der Waals surface area contributed by atoms with Gasteiger partial charge in [0, 0.05) is 12.6 Å². The van der Waals surface area contributed by atoms with Crippen molar-refractivity contribution in [1.29, 1.82) is 0 Å². The monoisotopic (exact) mass is 364 g/mol. The second kappa shape index (κ2) is 8.08. The van der Waals surface area contributed by atoms with Crippen molar-refractivity contribution < 1.29 is 14.3 Å². The first kappa shape index (κ1) is 18.7. The maximum Gasteiger partial charge on any atom is 0.277 e. The fraction of sp³-hybridized carbons (Fsp3) is 0.273. The number of carbonyl (C=O) groups is 1. The van der Waals surface area contributed by atoms with Crippen molar-refractivity contribution in [1.82, 2.24) is 4.90 Å². The van der Waals surface area contributed by atoms with Crippen LogP contribution < -0.4 is 9.47 Å². The van der Waals surface area contributed by atoms with E-state index in [1.54, 1.807) is 18.0 Å². The van der Waals surface area contributed by atoms with Gasteiger partial charge in [-0.05, 0) is 44.5 Å². The zero-order valence-corrected chi connectivity index (χ0v) is 16.2. The largest absolute Gasteiger partial charge is 0.490 e. The van der Waals surface area contributed by atoms with Gasteiger partial charge in [0.1, 0.15) is 11.5 Å². The van der Waals surface area contributed by atoms with Crippen LogP contribution in [0, 0.1) is 6.92 Å². The van der Waals surface area contributed by atoms with Gasteiger partial charge in [-0.15, -0.1) is 0 Å². The second-order valence-electron chi connectivity index (χ2n) is 6.27. The van der Waals surface area contributed by atoms with E-state index in [0.29, 0.717) is 36.2 Å². The average Bonchev–Trinajstić information content (AvgIpc) is 2.93. The van der Waals surface area contributed by atoms with Crippen LogP contribution in [-0.4, -0.2) is 36.9 Å². The van der Waals surface area contributed by atoms with E-state index < -0.39 is 0 Å². The molecule has 1 aliphatic heterocycles. The van der Waals surface area contributed by atoms with Crippen LogP contribution in [0.25, 0.3) is 6.08 Å². The Morgan fingerprint density at radius 3 is 2.33 bits per heavy atom. The van der Waals surface area contributed by atoms with Gasteiger partial charge in [0.15, 0.2) is 11.5 Å². The van der Waals surface area contributed by atoms with E-state index in [0.717, 1.165) is 11.1 Å². The Labute approximate surface area is 159 Å². The molecule has 1 amide bonds. The molecule has 3 rings (SSSR count). The van der Waals surface area contributed by atoms with Crippen LogP contribution in [0.1, 0.15) is 30.5 Å². The molecule has 0 aromatic heterocycles. The summed E-state index contributed by atoms with van der Waals surface area (Å²) in [5.74, 6) is 1.88. The lowest BCUT2D eigenvalue weighted by Gasteiger charge is -2.12. The summed E-state index contributed by atoms with van der Waals surface area (Å²) in [6.45, 7) is 6.99. The van der Waals surface area contributed by atoms with Gasteiger partial charge in [0.25, 0.3) is 5.91 Å². The molecule has 2 aromatic carbocycles. The summed E-state index contributed by atoms with van der Waals surface area (Å²) >= 11 is 0. The number of rotatable bonds is 6. The number of likely N-dealkylation sites (N-methyl/N-ethyl adjacent to an activating group) is 1. The highest BCUT2D eigenvalue weighted by Crippen LogP contribution is 2.30. The Morgan fingerprint density at radius 1 is 1.00 bits per heavy atom. The van der Waals surface area contributed by atoms with E-state index >= 15 is 0 Å². The number of nitrogens with zero attached hydrogens (tertiary/aromatic N) is 2. The van der Waals surface area contributed by atoms with Crippen molar-refractivity contribution in [3.05, 3.63) is 64.9 Å². The number of carbonyl (C=O) groups excluding carboxylic acids is 1. The van der Waals surface area contributed by atoms with Crippen LogP contribution in [0.4, 0.5) is 0 Å². The van der Waals surface area contributed by atoms with Gasteiger partial charge in [0.2, 0.25) is 0 Å². The summed E-state index contributed by atoms with van der Waals surface area (Å²) in [6, 6.07) is 13.6. The van der Waals surface area contributed by atoms with Crippen molar-refractivity contribution in [2.24, 2.45) is 4.99 Å². The minimum atomic E-state index is -0.127. The third-order valence-corrected chi connectivity index (χ3v) is 4.25. The summed E-state index contributed by atoms with van der Waals surface area (Å²) in [5.41, 5.74) is 3.33. The lowest BCUT2D eigenvalue weighted by molar-refractivity contribution is -0.121. The number of aliphatic imine (C=N–C) groups is 1. The van der Waals surface area contributed by atoms with Crippen molar-refractivity contribution in [2.75, 3.05) is 20.3 Å². The topological polar surface area (TPSA) is 51.1 Å². The molecule has 2 aromatic rings. The highest BCUT2D eigenvalue weighted by Gasteiger charge is 2.27. The van der Waals surface area contributed by atoms with E-state index in [1.165, 1.54) is 5.56 Å². The third-order valence-electron chi connectivity index (χ3n) is 4.25. The van der Waals surface area contributed by atoms with Gasteiger partial charge in [-0.25, -0.2) is 4.99 Å². The van der Waals surface area contributed by atoms with E-state index in [9.17, 15) is 4.79 Å². The van der Waals surface area contributed by atoms with Gasteiger partial charge in [-0.1, -0.05) is 35.9 Å². The molecule has 0 saturated carbocycles. The summed E-state index contributed by atoms with van der Waals surface area (Å²) in [4.78, 5) is 18.8. The highest BCUT2D eigenvalue weighted by atomic mass is 16.5. The Hall–Kier alpha value is -3.08. The lowest BCUT2D eigenvalue weighted by Crippen LogP contribution is -2.28. The fourth-order valence-corrected chi connectivity index (χ4v) is 2.88. The SMILES string of the molecule is CCOc1ccc(/C=C2\N=C(c3ccc(C)cc3)N(C)C2=O)cc1OCC. The quantitative estimate of drug-likeness (QED) is 0.727. The number of amidine groups is 1. The van der Waals surface area contributed by atoms with Gasteiger partial charge in [-0.2, -0.15) is 0 Å². The molecule has 0 unspecified atom stereocenters. The number of ether oxygens (including phenoxy) is 2. The van der Waals surface area contributed by atoms with Crippen molar-refractivity contribution in [3.63, 3.8) is 0 Å². The molecule has 0 radical (unpaired) electrons. The number of hydrogen-bond acceptors (Lipinski definition) is 4. The first-order valence-corrected chi connectivity index (χ1v) is 9.08. The molecular weight excluding hydrogens is 340 g/mol. The second-order valence-corrected chi connectivity index (χ2v) is 6.27. The average molecular weight is 364 g/mol. The van der Waals surface area contributed by atoms with E-state index in [2.05, 4.69) is 4.99 Å². The van der Waals surface area contributed by atoms with Crippen LogP contribution >= 0.6 is 0 Å². The molecule has 1 heterocycles. The number of amides is 1. The maximum absolute atomic E-state index is 12.6. The summed E-state index contributed by atoms with van der Waals surface area (Å²) in [7, 11) is 1.74. The smallest absolute Gasteiger partial charge is 0.277 e. The molecule has 0 fully saturated rings. The van der Waals surface area contributed by atoms with Crippen LogP contribution in [0.3, 0.4) is 0 Å². The summed E-state index contributed by atoms with van der Waals surface area (Å²) in [5, 5.41) is 0. The fourth-order valence-electron chi connectivity index (χ4n) is 2.88. The van der Waals surface area contributed by atoms with Gasteiger partial charge >= 0.3 is 0 Å². The molecule has 5 heteroatoms. The minimum Gasteiger partial charge on any atom is -0.490 e. The molecule has 1 aliphatic rings. The number of hydrogen-bond donors (Lipinski definition) is 0. The van der Waals surface area contributed by atoms with E-state index in [4.69, 9.17) is 9.47 Å². The zero-order valence-electron chi connectivity index (χ0n) is 16.2. The van der Waals surface area contributed by atoms with Crippen LogP contribution in [0.2, 0.25) is 0 Å².